The van der Waals surface area contributed by atoms with E-state index in [1.807, 2.05) is 30.3 Å². The Labute approximate surface area is 122 Å². The average molecular weight is 292 g/mol. The van der Waals surface area contributed by atoms with E-state index in [9.17, 15) is 9.90 Å². The number of halogens is 1. The van der Waals surface area contributed by atoms with Crippen molar-refractivity contribution < 1.29 is 14.6 Å². The molecule has 1 heterocycles. The third kappa shape index (κ3) is 4.24. The molecule has 0 spiro atoms. The highest BCUT2D eigenvalue weighted by Gasteiger charge is 2.19. The zero-order valence-corrected chi connectivity index (χ0v) is 11.5. The highest BCUT2D eigenvalue weighted by molar-refractivity contribution is 6.29. The van der Waals surface area contributed by atoms with E-state index in [1.165, 1.54) is 0 Å². The summed E-state index contributed by atoms with van der Waals surface area (Å²) in [6.07, 6.45) is 0.0486. The SMILES string of the molecule is O=C(O)C(CCc1ccccc1)Oc1cccc(Cl)n1. The number of nitrogens with zero attached hydrogens (tertiary/aromatic N) is 1. The van der Waals surface area contributed by atoms with Crippen LogP contribution in [-0.4, -0.2) is 22.2 Å². The molecule has 2 aromatic rings. The first-order valence-electron chi connectivity index (χ1n) is 6.21. The first-order chi connectivity index (χ1) is 9.65. The summed E-state index contributed by atoms with van der Waals surface area (Å²) in [6, 6.07) is 14.5. The number of carboxylic acid groups (broad SMARTS) is 1. The van der Waals surface area contributed by atoms with Crippen LogP contribution in [0.2, 0.25) is 5.15 Å². The summed E-state index contributed by atoms with van der Waals surface area (Å²) in [5.74, 6) is -0.791. The molecule has 0 saturated carbocycles. The van der Waals surface area contributed by atoms with Crippen molar-refractivity contribution in [3.05, 3.63) is 59.2 Å². The molecule has 1 aromatic heterocycles. The monoisotopic (exact) mass is 291 g/mol. The molecule has 0 bridgehead atoms. The van der Waals surface area contributed by atoms with Gasteiger partial charge in [0.25, 0.3) is 0 Å². The van der Waals surface area contributed by atoms with E-state index < -0.39 is 12.1 Å². The van der Waals surface area contributed by atoms with Gasteiger partial charge < -0.3 is 9.84 Å². The Hall–Kier alpha value is -2.07. The molecule has 104 valence electrons. The average Bonchev–Trinajstić information content (AvgIpc) is 2.44. The lowest BCUT2D eigenvalue weighted by Gasteiger charge is -2.14. The van der Waals surface area contributed by atoms with Crippen LogP contribution in [0.4, 0.5) is 0 Å². The standard InChI is InChI=1S/C15H14ClNO3/c16-13-7-4-8-14(17-13)20-12(15(18)19)10-9-11-5-2-1-3-6-11/h1-8,12H,9-10H2,(H,18,19). The van der Waals surface area contributed by atoms with E-state index >= 15 is 0 Å². The molecule has 0 aliphatic rings. The molecule has 1 N–H and O–H groups in total. The minimum absolute atomic E-state index is 0.220. The zero-order valence-electron chi connectivity index (χ0n) is 10.7. The van der Waals surface area contributed by atoms with E-state index in [4.69, 9.17) is 16.3 Å². The minimum atomic E-state index is -1.01. The number of carbonyl (C=O) groups is 1. The molecule has 1 atom stereocenters. The lowest BCUT2D eigenvalue weighted by Crippen LogP contribution is -2.28. The van der Waals surface area contributed by atoms with Crippen molar-refractivity contribution in [2.75, 3.05) is 0 Å². The van der Waals surface area contributed by atoms with Crippen molar-refractivity contribution in [3.8, 4) is 5.88 Å². The number of pyridine rings is 1. The topological polar surface area (TPSA) is 59.4 Å². The van der Waals surface area contributed by atoms with Crippen LogP contribution in [0.3, 0.4) is 0 Å². The first kappa shape index (κ1) is 14.3. The fourth-order valence-corrected chi connectivity index (χ4v) is 1.93. The van der Waals surface area contributed by atoms with Gasteiger partial charge in [0.15, 0.2) is 6.10 Å². The maximum Gasteiger partial charge on any atom is 0.344 e. The summed E-state index contributed by atoms with van der Waals surface area (Å²) >= 11 is 5.74. The van der Waals surface area contributed by atoms with Crippen LogP contribution in [0.25, 0.3) is 0 Å². The fraction of sp³-hybridized carbons (Fsp3) is 0.200. The number of aryl methyl sites for hydroxylation is 1. The largest absolute Gasteiger partial charge is 0.479 e. The Morgan fingerprint density at radius 3 is 2.60 bits per heavy atom. The lowest BCUT2D eigenvalue weighted by molar-refractivity contribution is -0.145. The summed E-state index contributed by atoms with van der Waals surface area (Å²) in [5.41, 5.74) is 1.07. The van der Waals surface area contributed by atoms with E-state index in [2.05, 4.69) is 4.98 Å². The number of aliphatic carboxylic acids is 1. The molecule has 4 nitrogen and oxygen atoms in total. The fourth-order valence-electron chi connectivity index (χ4n) is 1.78. The van der Waals surface area contributed by atoms with E-state index in [1.54, 1.807) is 18.2 Å². The molecule has 20 heavy (non-hydrogen) atoms. The third-order valence-electron chi connectivity index (χ3n) is 2.77. The van der Waals surface area contributed by atoms with Crippen LogP contribution < -0.4 is 4.74 Å². The van der Waals surface area contributed by atoms with Gasteiger partial charge in [0.05, 0.1) is 0 Å². The number of hydrogen-bond acceptors (Lipinski definition) is 3. The van der Waals surface area contributed by atoms with Gasteiger partial charge in [0, 0.05) is 6.07 Å². The van der Waals surface area contributed by atoms with Gasteiger partial charge in [0.1, 0.15) is 5.15 Å². The molecule has 5 heteroatoms. The Bertz CT molecular complexity index is 574. The van der Waals surface area contributed by atoms with Crippen LogP contribution in [0.5, 0.6) is 5.88 Å². The molecular formula is C15H14ClNO3. The Morgan fingerprint density at radius 1 is 1.20 bits per heavy atom. The van der Waals surface area contributed by atoms with Gasteiger partial charge in [-0.3, -0.25) is 0 Å². The number of benzene rings is 1. The summed E-state index contributed by atoms with van der Waals surface area (Å²) in [7, 11) is 0. The summed E-state index contributed by atoms with van der Waals surface area (Å²) in [4.78, 5) is 15.2. The Morgan fingerprint density at radius 2 is 1.95 bits per heavy atom. The van der Waals surface area contributed by atoms with E-state index in [0.29, 0.717) is 12.8 Å². The molecule has 0 aliphatic heterocycles. The maximum atomic E-state index is 11.2. The van der Waals surface area contributed by atoms with Gasteiger partial charge in [-0.2, -0.15) is 0 Å². The summed E-state index contributed by atoms with van der Waals surface area (Å²) < 4.78 is 5.38. The highest BCUT2D eigenvalue weighted by Crippen LogP contribution is 2.15. The van der Waals surface area contributed by atoms with Gasteiger partial charge in [-0.05, 0) is 24.5 Å². The van der Waals surface area contributed by atoms with Crippen LogP contribution in [0, 0.1) is 0 Å². The van der Waals surface area contributed by atoms with E-state index in [-0.39, 0.29) is 11.0 Å². The smallest absolute Gasteiger partial charge is 0.344 e. The normalized spacial score (nSPS) is 11.8. The van der Waals surface area contributed by atoms with Crippen LogP contribution in [0.1, 0.15) is 12.0 Å². The number of ether oxygens (including phenoxy) is 1. The molecule has 0 aliphatic carbocycles. The Kier molecular flexibility index (Phi) is 4.96. The molecule has 2 rings (SSSR count). The van der Waals surface area contributed by atoms with Gasteiger partial charge in [-0.25, -0.2) is 9.78 Å². The van der Waals surface area contributed by atoms with Crippen molar-refractivity contribution >= 4 is 17.6 Å². The lowest BCUT2D eigenvalue weighted by atomic mass is 10.1. The summed E-state index contributed by atoms with van der Waals surface area (Å²) in [5, 5.41) is 9.47. The molecular weight excluding hydrogens is 278 g/mol. The molecule has 0 fully saturated rings. The van der Waals surface area contributed by atoms with Gasteiger partial charge >= 0.3 is 5.97 Å². The number of rotatable bonds is 6. The second-order valence-electron chi connectivity index (χ2n) is 4.27. The third-order valence-corrected chi connectivity index (χ3v) is 2.98. The van der Waals surface area contributed by atoms with Crippen LogP contribution >= 0.6 is 11.6 Å². The molecule has 1 unspecified atom stereocenters. The predicted molar refractivity (Wildman–Crippen MR) is 76.1 cm³/mol. The van der Waals surface area contributed by atoms with Crippen molar-refractivity contribution in [2.24, 2.45) is 0 Å². The number of aromatic nitrogens is 1. The second kappa shape index (κ2) is 6.91. The van der Waals surface area contributed by atoms with Crippen molar-refractivity contribution in [3.63, 3.8) is 0 Å². The van der Waals surface area contributed by atoms with Gasteiger partial charge in [-0.1, -0.05) is 48.0 Å². The van der Waals surface area contributed by atoms with Crippen molar-refractivity contribution in [2.45, 2.75) is 18.9 Å². The van der Waals surface area contributed by atoms with Gasteiger partial charge in [0.2, 0.25) is 5.88 Å². The molecule has 0 saturated heterocycles. The quantitative estimate of drug-likeness (QED) is 0.830. The maximum absolute atomic E-state index is 11.2. The van der Waals surface area contributed by atoms with Crippen molar-refractivity contribution in [1.29, 1.82) is 0 Å². The van der Waals surface area contributed by atoms with Crippen molar-refractivity contribution in [1.82, 2.24) is 4.98 Å². The number of carboxylic acids is 1. The van der Waals surface area contributed by atoms with Gasteiger partial charge in [-0.15, -0.1) is 0 Å². The Balaban J connectivity index is 1.99. The molecule has 1 aromatic carbocycles. The van der Waals surface area contributed by atoms with Crippen LogP contribution in [0.15, 0.2) is 48.5 Å². The highest BCUT2D eigenvalue weighted by atomic mass is 35.5. The number of hydrogen-bond donors (Lipinski definition) is 1. The summed E-state index contributed by atoms with van der Waals surface area (Å²) in [6.45, 7) is 0. The zero-order chi connectivity index (χ0) is 14.4. The molecule has 0 amide bonds. The second-order valence-corrected chi connectivity index (χ2v) is 4.65. The molecule has 0 radical (unpaired) electrons. The van der Waals surface area contributed by atoms with Crippen LogP contribution in [-0.2, 0) is 11.2 Å². The van der Waals surface area contributed by atoms with E-state index in [0.717, 1.165) is 5.56 Å². The predicted octanol–water partition coefficient (Wildman–Crippen LogP) is 3.20. The first-order valence-corrected chi connectivity index (χ1v) is 6.59. The minimum Gasteiger partial charge on any atom is -0.479 e.